The molecule has 20 heavy (non-hydrogen) atoms. The van der Waals surface area contributed by atoms with Gasteiger partial charge in [0.25, 0.3) is 11.6 Å². The lowest BCUT2D eigenvalue weighted by Gasteiger charge is -2.16. The van der Waals surface area contributed by atoms with Gasteiger partial charge >= 0.3 is 0 Å². The van der Waals surface area contributed by atoms with E-state index in [-0.39, 0.29) is 11.6 Å². The summed E-state index contributed by atoms with van der Waals surface area (Å²) < 4.78 is 1.57. The molecule has 2 heterocycles. The largest absolute Gasteiger partial charge is 0.347 e. The second-order valence-electron chi connectivity index (χ2n) is 4.32. The number of amides is 1. The third-order valence-corrected chi connectivity index (χ3v) is 2.94. The highest BCUT2D eigenvalue weighted by Crippen LogP contribution is 2.18. The first-order valence-corrected chi connectivity index (χ1v) is 6.11. The molecule has 1 amide bonds. The Morgan fingerprint density at radius 1 is 1.60 bits per heavy atom. The Labute approximate surface area is 115 Å². The lowest BCUT2D eigenvalue weighted by Crippen LogP contribution is -2.28. The van der Waals surface area contributed by atoms with Crippen molar-refractivity contribution in [2.75, 3.05) is 7.05 Å². The standard InChI is InChI=1S/C12H15N5O3/c1-3-16-7-9(17(19)20)6-10(16)12(18)15(2)8-11-13-4-5-14-11/h4-7H,3,8H2,1-2H3,(H,13,14). The normalized spacial score (nSPS) is 10.5. The molecule has 2 rings (SSSR count). The number of carbonyl (C=O) groups is 1. The van der Waals surface area contributed by atoms with Crippen molar-refractivity contribution in [1.29, 1.82) is 0 Å². The van der Waals surface area contributed by atoms with E-state index in [0.29, 0.717) is 24.6 Å². The summed E-state index contributed by atoms with van der Waals surface area (Å²) in [6.07, 6.45) is 4.65. The van der Waals surface area contributed by atoms with Crippen LogP contribution in [0.5, 0.6) is 0 Å². The Balaban J connectivity index is 2.21. The minimum absolute atomic E-state index is 0.0819. The van der Waals surface area contributed by atoms with Crippen molar-refractivity contribution in [3.63, 3.8) is 0 Å². The second-order valence-corrected chi connectivity index (χ2v) is 4.32. The molecule has 106 valence electrons. The van der Waals surface area contributed by atoms with Crippen molar-refractivity contribution in [2.45, 2.75) is 20.0 Å². The molecule has 0 saturated heterocycles. The zero-order valence-electron chi connectivity index (χ0n) is 11.2. The number of aromatic amines is 1. The van der Waals surface area contributed by atoms with Crippen LogP contribution in [0.25, 0.3) is 0 Å². The lowest BCUT2D eigenvalue weighted by atomic mass is 10.3. The summed E-state index contributed by atoms with van der Waals surface area (Å²) in [5.41, 5.74) is 0.217. The molecule has 0 fully saturated rings. The van der Waals surface area contributed by atoms with E-state index in [1.54, 1.807) is 24.0 Å². The minimum Gasteiger partial charge on any atom is -0.347 e. The number of aryl methyl sites for hydroxylation is 1. The Morgan fingerprint density at radius 3 is 2.90 bits per heavy atom. The van der Waals surface area contributed by atoms with E-state index >= 15 is 0 Å². The van der Waals surface area contributed by atoms with E-state index in [0.717, 1.165) is 0 Å². The van der Waals surface area contributed by atoms with Gasteiger partial charge in [0.2, 0.25) is 0 Å². The molecule has 0 aliphatic heterocycles. The number of H-pyrrole nitrogens is 1. The molecular formula is C12H15N5O3. The van der Waals surface area contributed by atoms with Gasteiger partial charge in [0.1, 0.15) is 11.5 Å². The minimum atomic E-state index is -0.504. The van der Waals surface area contributed by atoms with Gasteiger partial charge in [-0.2, -0.15) is 0 Å². The average molecular weight is 277 g/mol. The van der Waals surface area contributed by atoms with Crippen LogP contribution in [0.2, 0.25) is 0 Å². The fourth-order valence-corrected chi connectivity index (χ4v) is 1.91. The van der Waals surface area contributed by atoms with Gasteiger partial charge in [-0.05, 0) is 6.92 Å². The van der Waals surface area contributed by atoms with Gasteiger partial charge in [0, 0.05) is 32.1 Å². The monoisotopic (exact) mass is 277 g/mol. The maximum Gasteiger partial charge on any atom is 0.287 e. The van der Waals surface area contributed by atoms with Gasteiger partial charge in [-0.3, -0.25) is 14.9 Å². The first-order valence-electron chi connectivity index (χ1n) is 6.11. The summed E-state index contributed by atoms with van der Waals surface area (Å²) in [5, 5.41) is 10.8. The van der Waals surface area contributed by atoms with Crippen LogP contribution in [-0.2, 0) is 13.1 Å². The SMILES string of the molecule is CCn1cc([N+](=O)[O-])cc1C(=O)N(C)Cc1ncc[nH]1. The number of nitro groups is 1. The van der Waals surface area contributed by atoms with Crippen LogP contribution >= 0.6 is 0 Å². The second kappa shape index (κ2) is 5.55. The van der Waals surface area contributed by atoms with Crippen LogP contribution in [0, 0.1) is 10.1 Å². The van der Waals surface area contributed by atoms with Gasteiger partial charge in [-0.15, -0.1) is 0 Å². The molecule has 1 N–H and O–H groups in total. The van der Waals surface area contributed by atoms with Crippen molar-refractivity contribution in [3.05, 3.63) is 46.3 Å². The number of carbonyl (C=O) groups excluding carboxylic acids is 1. The fourth-order valence-electron chi connectivity index (χ4n) is 1.91. The van der Waals surface area contributed by atoms with E-state index in [1.165, 1.54) is 17.2 Å². The molecule has 0 radical (unpaired) electrons. The number of nitrogens with zero attached hydrogens (tertiary/aromatic N) is 4. The topological polar surface area (TPSA) is 97.1 Å². The predicted molar refractivity (Wildman–Crippen MR) is 71.1 cm³/mol. The van der Waals surface area contributed by atoms with Crippen molar-refractivity contribution in [2.24, 2.45) is 0 Å². The van der Waals surface area contributed by atoms with Crippen molar-refractivity contribution in [3.8, 4) is 0 Å². The highest BCUT2D eigenvalue weighted by atomic mass is 16.6. The molecule has 2 aromatic rings. The number of imidazole rings is 1. The molecular weight excluding hydrogens is 262 g/mol. The molecule has 0 bridgehead atoms. The Bertz CT molecular complexity index is 617. The number of hydrogen-bond donors (Lipinski definition) is 1. The highest BCUT2D eigenvalue weighted by Gasteiger charge is 2.21. The van der Waals surface area contributed by atoms with E-state index in [1.807, 2.05) is 6.92 Å². The van der Waals surface area contributed by atoms with Crippen LogP contribution in [-0.4, -0.2) is 37.3 Å². The van der Waals surface area contributed by atoms with Gasteiger partial charge < -0.3 is 14.5 Å². The smallest absolute Gasteiger partial charge is 0.287 e. The molecule has 2 aromatic heterocycles. The lowest BCUT2D eigenvalue weighted by molar-refractivity contribution is -0.384. The summed E-state index contributed by atoms with van der Waals surface area (Å²) in [4.78, 5) is 31.0. The zero-order chi connectivity index (χ0) is 14.7. The van der Waals surface area contributed by atoms with E-state index in [9.17, 15) is 14.9 Å². The molecule has 8 nitrogen and oxygen atoms in total. The molecule has 8 heteroatoms. The molecule has 0 saturated carbocycles. The summed E-state index contributed by atoms with van der Waals surface area (Å²) in [7, 11) is 1.63. The molecule has 0 aliphatic carbocycles. The predicted octanol–water partition coefficient (Wildman–Crippen LogP) is 1.41. The maximum atomic E-state index is 12.3. The Kier molecular flexibility index (Phi) is 3.83. The Morgan fingerprint density at radius 2 is 2.35 bits per heavy atom. The molecule has 0 atom stereocenters. The quantitative estimate of drug-likeness (QED) is 0.660. The summed E-state index contributed by atoms with van der Waals surface area (Å²) in [5.74, 6) is 0.376. The number of nitrogens with one attached hydrogen (secondary N) is 1. The van der Waals surface area contributed by atoms with Gasteiger partial charge in [-0.1, -0.05) is 0 Å². The van der Waals surface area contributed by atoms with E-state index in [2.05, 4.69) is 9.97 Å². The molecule has 0 aliphatic rings. The molecule has 0 unspecified atom stereocenters. The van der Waals surface area contributed by atoms with Crippen molar-refractivity contribution in [1.82, 2.24) is 19.4 Å². The fraction of sp³-hybridized carbons (Fsp3) is 0.333. The Hall–Kier alpha value is -2.64. The summed E-state index contributed by atoms with van der Waals surface area (Å²) in [6, 6.07) is 1.30. The van der Waals surface area contributed by atoms with Crippen molar-refractivity contribution >= 4 is 11.6 Å². The van der Waals surface area contributed by atoms with Gasteiger partial charge in [-0.25, -0.2) is 4.98 Å². The number of hydrogen-bond acceptors (Lipinski definition) is 4. The average Bonchev–Trinajstić information content (AvgIpc) is 3.06. The zero-order valence-corrected chi connectivity index (χ0v) is 11.2. The van der Waals surface area contributed by atoms with Crippen LogP contribution in [0.4, 0.5) is 5.69 Å². The van der Waals surface area contributed by atoms with E-state index < -0.39 is 4.92 Å². The molecule has 0 spiro atoms. The van der Waals surface area contributed by atoms with Crippen LogP contribution in [0.15, 0.2) is 24.7 Å². The molecule has 0 aromatic carbocycles. The first kappa shape index (κ1) is 13.8. The summed E-state index contributed by atoms with van der Waals surface area (Å²) in [6.45, 7) is 2.63. The van der Waals surface area contributed by atoms with Gasteiger partial charge in [0.15, 0.2) is 0 Å². The first-order chi connectivity index (χ1) is 9.52. The number of rotatable bonds is 5. The summed E-state index contributed by atoms with van der Waals surface area (Å²) >= 11 is 0. The van der Waals surface area contributed by atoms with Crippen LogP contribution in [0.3, 0.4) is 0 Å². The maximum absolute atomic E-state index is 12.3. The van der Waals surface area contributed by atoms with E-state index in [4.69, 9.17) is 0 Å². The van der Waals surface area contributed by atoms with Gasteiger partial charge in [0.05, 0.1) is 17.7 Å². The van der Waals surface area contributed by atoms with Crippen LogP contribution in [0.1, 0.15) is 23.2 Å². The van der Waals surface area contributed by atoms with Crippen molar-refractivity contribution < 1.29 is 9.72 Å². The van der Waals surface area contributed by atoms with Crippen LogP contribution < -0.4 is 0 Å². The third-order valence-electron chi connectivity index (χ3n) is 2.94. The highest BCUT2D eigenvalue weighted by molar-refractivity contribution is 5.93. The third kappa shape index (κ3) is 2.68. The number of aromatic nitrogens is 3.